The van der Waals surface area contributed by atoms with E-state index in [9.17, 15) is 36.3 Å². The molecule has 290 valence electrons. The van der Waals surface area contributed by atoms with Gasteiger partial charge in [-0.3, -0.25) is 0 Å². The van der Waals surface area contributed by atoms with Gasteiger partial charge in [0.2, 0.25) is 0 Å². The van der Waals surface area contributed by atoms with Gasteiger partial charge in [-0.1, -0.05) is 0 Å². The molecule has 17 heteroatoms. The quantitative estimate of drug-likeness (QED) is 0.0865. The van der Waals surface area contributed by atoms with Crippen molar-refractivity contribution in [1.29, 1.82) is 0 Å². The normalized spacial score (nSPS) is 22.2. The second-order valence-corrected chi connectivity index (χ2v) is 28.4. The molecule has 0 aliphatic carbocycles. The summed E-state index contributed by atoms with van der Waals surface area (Å²) >= 11 is -0.873. The number of nitrogen functional groups attached to an aromatic ring is 1. The second-order valence-electron chi connectivity index (χ2n) is 14.0. The molecule has 3 saturated heterocycles. The number of hydrogen-bond acceptors (Lipinski definition) is 6. The number of amides is 3. The number of alkyl halides is 11. The zero-order valence-corrected chi connectivity index (χ0v) is 36.2. The average molecular weight is 1090 g/mol. The summed E-state index contributed by atoms with van der Waals surface area (Å²) in [7, 11) is 0. The van der Waals surface area contributed by atoms with Crippen molar-refractivity contribution in [2.45, 2.75) is 73.7 Å². The number of hydrogen-bond donors (Lipinski definition) is 2. The van der Waals surface area contributed by atoms with Gasteiger partial charge in [-0.2, -0.15) is 0 Å². The standard InChI is InChI=1S/C35H45F5I3N5O3S/c1-42-8-2-12-46(15-11-42)25-3-9-43(10-4-25)31(50)24(17-22-18-27(34(36,37)38)30(44)28(19-22)35(39,40)41)20-29(49)47-13-5-26(6-14-47)48-21-23-7-16-52-32(23)45-33(48)51/h7,16,18-19,24-26H,2-6,8-15,17,20-21,44H2,1H3,(H,45,51)/t24-/m0/s1. The Morgan fingerprint density at radius 1 is 1.00 bits per heavy atom. The molecule has 1 atom stereocenters. The van der Waals surface area contributed by atoms with Gasteiger partial charge in [-0.05, 0) is 5.38 Å². The topological polar surface area (TPSA) is 99.0 Å². The fourth-order valence-electron chi connectivity index (χ4n) is 7.71. The Bertz CT molecular complexity index is 1590. The third-order valence-corrected chi connectivity index (χ3v) is 23.2. The molecule has 3 amide bonds. The number of benzene rings is 1. The van der Waals surface area contributed by atoms with Crippen molar-refractivity contribution in [2.24, 2.45) is 5.92 Å². The number of nitrogens with two attached hydrogens (primary N) is 1. The molecule has 8 nitrogen and oxygen atoms in total. The SMILES string of the molecule is CI1CCCN(C2CCI(C(=O)[C@H](CC(=O)N3CCC(N4Cc5ccsc5NC4=O)CC3)Cc3cc(C(F)(F)F)c(N)c(C(F)(F)I)c3)CC2)CC1. The molecule has 0 unspecified atom stereocenters. The molecule has 2 aromatic rings. The maximum absolute atomic E-state index is 14.6. The van der Waals surface area contributed by atoms with Crippen LogP contribution in [-0.2, 0) is 32.7 Å². The monoisotopic (exact) mass is 1090 g/mol. The molecular weight excluding hydrogens is 1050 g/mol. The van der Waals surface area contributed by atoms with Gasteiger partial charge in [-0.15, -0.1) is 11.3 Å². The van der Waals surface area contributed by atoms with Crippen LogP contribution in [0, 0.1) is 5.92 Å². The Labute approximate surface area is 333 Å². The first-order valence-corrected chi connectivity index (χ1v) is 28.8. The summed E-state index contributed by atoms with van der Waals surface area (Å²) in [5.41, 5.74) is 3.28. The van der Waals surface area contributed by atoms with E-state index in [1.165, 1.54) is 26.6 Å². The Balaban J connectivity index is 1.17. The van der Waals surface area contributed by atoms with Crippen molar-refractivity contribution < 1.29 is 36.3 Å². The predicted molar refractivity (Wildman–Crippen MR) is 222 cm³/mol. The fraction of sp³-hybridized carbons (Fsp3) is 0.629. The van der Waals surface area contributed by atoms with E-state index in [1.807, 2.05) is 11.4 Å². The molecule has 0 spiro atoms. The molecule has 0 radical (unpaired) electrons. The van der Waals surface area contributed by atoms with Gasteiger partial charge in [0.25, 0.3) is 0 Å². The number of piperidine rings is 1. The van der Waals surface area contributed by atoms with Crippen LogP contribution in [0.25, 0.3) is 0 Å². The van der Waals surface area contributed by atoms with E-state index >= 15 is 0 Å². The van der Waals surface area contributed by atoms with Crippen molar-refractivity contribution in [3.63, 3.8) is 0 Å². The summed E-state index contributed by atoms with van der Waals surface area (Å²) in [5, 5.41) is 5.71. The van der Waals surface area contributed by atoms with E-state index in [0.717, 1.165) is 80.1 Å². The maximum atomic E-state index is 14.6. The van der Waals surface area contributed by atoms with Crippen molar-refractivity contribution in [1.82, 2.24) is 14.7 Å². The van der Waals surface area contributed by atoms with Gasteiger partial charge in [0.15, 0.2) is 0 Å². The molecule has 3 N–H and O–H groups in total. The van der Waals surface area contributed by atoms with Gasteiger partial charge in [0.1, 0.15) is 0 Å². The zero-order valence-electron chi connectivity index (χ0n) is 28.9. The number of urea groups is 1. The molecule has 0 bridgehead atoms. The fourth-order valence-corrected chi connectivity index (χ4v) is 18.8. The van der Waals surface area contributed by atoms with E-state index in [0.29, 0.717) is 38.5 Å². The molecule has 6 rings (SSSR count). The van der Waals surface area contributed by atoms with Crippen LogP contribution < -0.4 is 11.1 Å². The number of nitrogens with one attached hydrogen (secondary N) is 1. The summed E-state index contributed by atoms with van der Waals surface area (Å²) in [6.45, 7) is 3.44. The summed E-state index contributed by atoms with van der Waals surface area (Å²) in [6, 6.07) is 3.91. The number of halogens is 8. The third-order valence-electron chi connectivity index (χ3n) is 10.6. The average Bonchev–Trinajstić information content (AvgIpc) is 3.44. The van der Waals surface area contributed by atoms with Crippen LogP contribution in [0.4, 0.5) is 37.4 Å². The molecule has 0 saturated carbocycles. The van der Waals surface area contributed by atoms with Gasteiger partial charge in [-0.25, -0.2) is 0 Å². The zero-order chi connectivity index (χ0) is 37.4. The summed E-state index contributed by atoms with van der Waals surface area (Å²) in [4.78, 5) is 49.5. The Morgan fingerprint density at radius 3 is 2.37 bits per heavy atom. The van der Waals surface area contributed by atoms with Crippen molar-refractivity contribution >= 4 is 100.0 Å². The first-order valence-electron chi connectivity index (χ1n) is 17.5. The summed E-state index contributed by atoms with van der Waals surface area (Å²) in [6.07, 6.45) is -1.27. The molecule has 3 fully saturated rings. The number of carbonyl (C=O) groups excluding carboxylic acids is 3. The predicted octanol–water partition coefficient (Wildman–Crippen LogP) is 8.46. The summed E-state index contributed by atoms with van der Waals surface area (Å²) in [5.74, 6) is -1.19. The number of fused-ring (bicyclic) bond motifs is 1. The first kappa shape index (κ1) is 40.6. The molecule has 1 aromatic heterocycles. The number of likely N-dealkylation sites (tertiary alicyclic amines) is 1. The van der Waals surface area contributed by atoms with Crippen LogP contribution >= 0.6 is 73.6 Å². The number of nitrogens with zero attached hydrogens (tertiary/aromatic N) is 3. The van der Waals surface area contributed by atoms with Gasteiger partial charge >= 0.3 is 320 Å². The second kappa shape index (κ2) is 17.0. The van der Waals surface area contributed by atoms with Crippen molar-refractivity contribution in [3.05, 3.63) is 45.8 Å². The first-order chi connectivity index (χ1) is 24.6. The van der Waals surface area contributed by atoms with Gasteiger partial charge in [0, 0.05) is 0 Å². The van der Waals surface area contributed by atoms with Crippen molar-refractivity contribution in [2.75, 3.05) is 59.9 Å². The van der Waals surface area contributed by atoms with Crippen LogP contribution in [0.15, 0.2) is 23.6 Å². The molecular formula is C35H45F5I3N5O3S. The molecule has 4 aliphatic rings. The Hall–Kier alpha value is -1.07. The molecule has 1 aromatic carbocycles. The van der Waals surface area contributed by atoms with Crippen LogP contribution in [0.2, 0.25) is 0 Å². The minimum absolute atomic E-state index is 0.0338. The van der Waals surface area contributed by atoms with Crippen LogP contribution in [0.3, 0.4) is 0 Å². The van der Waals surface area contributed by atoms with Crippen LogP contribution in [0.5, 0.6) is 0 Å². The van der Waals surface area contributed by atoms with E-state index < -0.39 is 72.5 Å². The molecule has 52 heavy (non-hydrogen) atoms. The van der Waals surface area contributed by atoms with Crippen LogP contribution in [-0.4, -0.2) is 91.3 Å². The number of anilines is 2. The number of rotatable bonds is 9. The van der Waals surface area contributed by atoms with Gasteiger partial charge in [0.05, 0.1) is 0 Å². The molecule has 4 aliphatic heterocycles. The minimum atomic E-state index is -4.98. The Kier molecular flexibility index (Phi) is 13.2. The van der Waals surface area contributed by atoms with E-state index in [1.54, 1.807) is 9.80 Å². The summed E-state index contributed by atoms with van der Waals surface area (Å²) < 4.78 is 71.8. The Morgan fingerprint density at radius 2 is 1.69 bits per heavy atom. The van der Waals surface area contributed by atoms with Crippen LogP contribution in [0.1, 0.15) is 60.8 Å². The van der Waals surface area contributed by atoms with Crippen molar-refractivity contribution in [3.8, 4) is 0 Å². The van der Waals surface area contributed by atoms with Gasteiger partial charge < -0.3 is 0 Å². The van der Waals surface area contributed by atoms with E-state index in [-0.39, 0.29) is 40.2 Å². The third kappa shape index (κ3) is 9.65. The van der Waals surface area contributed by atoms with E-state index in [4.69, 9.17) is 5.73 Å². The number of thiophene rings is 1. The molecule has 5 heterocycles. The number of carbonyl (C=O) groups is 3. The van der Waals surface area contributed by atoms with E-state index in [2.05, 4.69) is 15.1 Å².